The Hall–Kier alpha value is -2.54. The van der Waals surface area contributed by atoms with Crippen molar-refractivity contribution in [2.45, 2.75) is 32.6 Å². The van der Waals surface area contributed by atoms with Gasteiger partial charge in [0.25, 0.3) is 0 Å². The van der Waals surface area contributed by atoms with E-state index in [4.69, 9.17) is 10.5 Å². The first-order valence-electron chi connectivity index (χ1n) is 8.63. The topological polar surface area (TPSA) is 77.2 Å². The summed E-state index contributed by atoms with van der Waals surface area (Å²) in [6, 6.07) is 5.21. The second-order valence-electron chi connectivity index (χ2n) is 5.95. The van der Waals surface area contributed by atoms with Crippen LogP contribution >= 0.6 is 0 Å². The van der Waals surface area contributed by atoms with Gasteiger partial charge in [0.2, 0.25) is 17.5 Å². The lowest BCUT2D eigenvalue weighted by atomic mass is 10.1. The molecule has 2 rings (SSSR count). The van der Waals surface area contributed by atoms with E-state index >= 15 is 0 Å². The molecule has 0 fully saturated rings. The molecule has 0 saturated heterocycles. The summed E-state index contributed by atoms with van der Waals surface area (Å²) < 4.78 is 33.6. The van der Waals surface area contributed by atoms with Crippen LogP contribution in [0.1, 0.15) is 42.1 Å². The Labute approximate surface area is 151 Å². The highest BCUT2D eigenvalue weighted by Crippen LogP contribution is 2.27. The number of nitrogens with one attached hydrogen (secondary N) is 1. The van der Waals surface area contributed by atoms with Crippen molar-refractivity contribution in [3.8, 4) is 11.6 Å². The van der Waals surface area contributed by atoms with Crippen molar-refractivity contribution in [3.63, 3.8) is 0 Å². The zero-order valence-electron chi connectivity index (χ0n) is 14.7. The van der Waals surface area contributed by atoms with E-state index in [9.17, 15) is 13.6 Å². The minimum absolute atomic E-state index is 0.0295. The SMILES string of the molecule is CCCCCNCCc1cc(F)c(Oc2ccc(C(N)=O)cn2)c(F)c1. The summed E-state index contributed by atoms with van der Waals surface area (Å²) in [6.45, 7) is 3.68. The van der Waals surface area contributed by atoms with E-state index in [1.807, 2.05) is 0 Å². The summed E-state index contributed by atoms with van der Waals surface area (Å²) in [5, 5.41) is 3.25. The molecule has 140 valence electrons. The number of hydrogen-bond acceptors (Lipinski definition) is 4. The van der Waals surface area contributed by atoms with E-state index in [0.29, 0.717) is 18.5 Å². The number of hydrogen-bond donors (Lipinski definition) is 2. The zero-order valence-corrected chi connectivity index (χ0v) is 14.7. The zero-order chi connectivity index (χ0) is 18.9. The molecule has 0 aliphatic heterocycles. The molecule has 0 atom stereocenters. The van der Waals surface area contributed by atoms with Crippen LogP contribution < -0.4 is 15.8 Å². The van der Waals surface area contributed by atoms with Crippen molar-refractivity contribution in [1.29, 1.82) is 0 Å². The Bertz CT molecular complexity index is 713. The molecule has 1 aromatic carbocycles. The number of carbonyl (C=O) groups is 1. The van der Waals surface area contributed by atoms with Gasteiger partial charge in [-0.25, -0.2) is 13.8 Å². The van der Waals surface area contributed by atoms with Crippen LogP contribution in [-0.2, 0) is 6.42 Å². The normalized spacial score (nSPS) is 10.7. The van der Waals surface area contributed by atoms with Gasteiger partial charge in [-0.15, -0.1) is 0 Å². The lowest BCUT2D eigenvalue weighted by molar-refractivity contribution is 0.1000. The minimum atomic E-state index is -0.799. The van der Waals surface area contributed by atoms with Gasteiger partial charge in [0.05, 0.1) is 5.56 Å². The lowest BCUT2D eigenvalue weighted by Crippen LogP contribution is -2.18. The summed E-state index contributed by atoms with van der Waals surface area (Å²) in [6.07, 6.45) is 5.11. The average Bonchev–Trinajstić information content (AvgIpc) is 2.61. The van der Waals surface area contributed by atoms with Gasteiger partial charge in [-0.05, 0) is 49.7 Å². The number of unbranched alkanes of at least 4 members (excludes halogenated alkanes) is 2. The summed E-state index contributed by atoms with van der Waals surface area (Å²) in [4.78, 5) is 14.8. The van der Waals surface area contributed by atoms with Crippen LogP contribution in [0.5, 0.6) is 11.6 Å². The number of aromatic nitrogens is 1. The van der Waals surface area contributed by atoms with Gasteiger partial charge >= 0.3 is 0 Å². The van der Waals surface area contributed by atoms with Crippen LogP contribution in [-0.4, -0.2) is 24.0 Å². The largest absolute Gasteiger partial charge is 0.433 e. The standard InChI is InChI=1S/C19H23F2N3O2/c1-2-3-4-8-23-9-7-13-10-15(20)18(16(21)11-13)26-17-6-5-14(12-24-17)19(22)25/h5-6,10-12,23H,2-4,7-9H2,1H3,(H2,22,25). The number of primary amides is 1. The molecule has 0 aliphatic carbocycles. The highest BCUT2D eigenvalue weighted by atomic mass is 19.1. The average molecular weight is 363 g/mol. The van der Waals surface area contributed by atoms with E-state index in [2.05, 4.69) is 17.2 Å². The predicted molar refractivity (Wildman–Crippen MR) is 95.3 cm³/mol. The molecule has 0 radical (unpaired) electrons. The molecule has 1 aromatic heterocycles. The first kappa shape index (κ1) is 19.8. The highest BCUT2D eigenvalue weighted by Gasteiger charge is 2.14. The summed E-state index contributed by atoms with van der Waals surface area (Å²) >= 11 is 0. The third-order valence-corrected chi connectivity index (χ3v) is 3.83. The number of carbonyl (C=O) groups excluding carboxylic acids is 1. The van der Waals surface area contributed by atoms with E-state index in [-0.39, 0.29) is 11.4 Å². The van der Waals surface area contributed by atoms with Gasteiger partial charge in [0.15, 0.2) is 11.6 Å². The van der Waals surface area contributed by atoms with E-state index in [0.717, 1.165) is 25.8 Å². The second kappa shape index (κ2) is 9.82. The third kappa shape index (κ3) is 5.77. The van der Waals surface area contributed by atoms with Gasteiger partial charge in [0.1, 0.15) is 0 Å². The van der Waals surface area contributed by atoms with E-state index in [1.54, 1.807) is 0 Å². The number of pyridine rings is 1. The number of amides is 1. The molecule has 0 unspecified atom stereocenters. The maximum absolute atomic E-state index is 14.2. The van der Waals surface area contributed by atoms with Crippen molar-refractivity contribution in [2.75, 3.05) is 13.1 Å². The molecule has 0 bridgehead atoms. The summed E-state index contributed by atoms with van der Waals surface area (Å²) in [7, 11) is 0. The highest BCUT2D eigenvalue weighted by molar-refractivity contribution is 5.92. The van der Waals surface area contributed by atoms with Gasteiger partial charge in [-0.3, -0.25) is 4.79 Å². The lowest BCUT2D eigenvalue weighted by Gasteiger charge is -2.10. The number of rotatable bonds is 10. The maximum Gasteiger partial charge on any atom is 0.250 e. The fourth-order valence-electron chi connectivity index (χ4n) is 2.40. The van der Waals surface area contributed by atoms with Crippen LogP contribution in [0.4, 0.5) is 8.78 Å². The Morgan fingerprint density at radius 2 is 1.92 bits per heavy atom. The quantitative estimate of drug-likeness (QED) is 0.633. The minimum Gasteiger partial charge on any atom is -0.433 e. The number of halogens is 2. The van der Waals surface area contributed by atoms with Crippen LogP contribution in [0.25, 0.3) is 0 Å². The molecule has 0 spiro atoms. The molecule has 2 aromatic rings. The Morgan fingerprint density at radius 3 is 2.50 bits per heavy atom. The fraction of sp³-hybridized carbons (Fsp3) is 0.368. The van der Waals surface area contributed by atoms with Crippen LogP contribution in [0.15, 0.2) is 30.5 Å². The molecule has 0 aliphatic rings. The molecule has 1 amide bonds. The summed E-state index contributed by atoms with van der Waals surface area (Å²) in [5.74, 6) is -2.80. The van der Waals surface area contributed by atoms with E-state index in [1.165, 1.54) is 30.5 Å². The van der Waals surface area contributed by atoms with Crippen molar-refractivity contribution in [3.05, 3.63) is 53.2 Å². The van der Waals surface area contributed by atoms with Crippen LogP contribution in [0.3, 0.4) is 0 Å². The summed E-state index contributed by atoms with van der Waals surface area (Å²) in [5.41, 5.74) is 5.84. The molecule has 3 N–H and O–H groups in total. The smallest absolute Gasteiger partial charge is 0.250 e. The fourth-order valence-corrected chi connectivity index (χ4v) is 2.40. The van der Waals surface area contributed by atoms with E-state index < -0.39 is 23.3 Å². The Kier molecular flexibility index (Phi) is 7.47. The predicted octanol–water partition coefficient (Wildman–Crippen LogP) is 3.57. The van der Waals surface area contributed by atoms with Gasteiger partial charge < -0.3 is 15.8 Å². The molecular formula is C19H23F2N3O2. The number of benzene rings is 1. The molecule has 7 heteroatoms. The molecule has 26 heavy (non-hydrogen) atoms. The molecular weight excluding hydrogens is 340 g/mol. The first-order valence-corrected chi connectivity index (χ1v) is 8.63. The van der Waals surface area contributed by atoms with Crippen LogP contribution in [0, 0.1) is 11.6 Å². The van der Waals surface area contributed by atoms with Crippen molar-refractivity contribution in [1.82, 2.24) is 10.3 Å². The van der Waals surface area contributed by atoms with Gasteiger partial charge in [0, 0.05) is 12.3 Å². The van der Waals surface area contributed by atoms with Crippen LogP contribution in [0.2, 0.25) is 0 Å². The van der Waals surface area contributed by atoms with Crippen molar-refractivity contribution >= 4 is 5.91 Å². The number of nitrogens with zero attached hydrogens (tertiary/aromatic N) is 1. The number of nitrogens with two attached hydrogens (primary N) is 1. The van der Waals surface area contributed by atoms with Gasteiger partial charge in [-0.2, -0.15) is 0 Å². The van der Waals surface area contributed by atoms with Crippen molar-refractivity contribution < 1.29 is 18.3 Å². The monoisotopic (exact) mass is 363 g/mol. The first-order chi connectivity index (χ1) is 12.5. The molecule has 1 heterocycles. The molecule has 0 saturated carbocycles. The van der Waals surface area contributed by atoms with Crippen molar-refractivity contribution in [2.24, 2.45) is 5.73 Å². The third-order valence-electron chi connectivity index (χ3n) is 3.83. The second-order valence-corrected chi connectivity index (χ2v) is 5.95. The number of ether oxygens (including phenoxy) is 1. The van der Waals surface area contributed by atoms with Gasteiger partial charge in [-0.1, -0.05) is 19.8 Å². The maximum atomic E-state index is 14.2. The Morgan fingerprint density at radius 1 is 1.19 bits per heavy atom. The molecule has 5 nitrogen and oxygen atoms in total. The Balaban J connectivity index is 1.96.